The van der Waals surface area contributed by atoms with Crippen LogP contribution in [-0.4, -0.2) is 11.6 Å². The van der Waals surface area contributed by atoms with Crippen LogP contribution in [0.4, 0.5) is 0 Å². The van der Waals surface area contributed by atoms with Gasteiger partial charge in [0, 0.05) is 12.3 Å². The van der Waals surface area contributed by atoms with Gasteiger partial charge in [-0.15, -0.1) is 0 Å². The van der Waals surface area contributed by atoms with Gasteiger partial charge in [0.2, 0.25) is 5.88 Å². The Morgan fingerprint density at radius 2 is 2.15 bits per heavy atom. The maximum Gasteiger partial charge on any atom is 0.214 e. The summed E-state index contributed by atoms with van der Waals surface area (Å²) in [4.78, 5) is 4.06. The van der Waals surface area contributed by atoms with Gasteiger partial charge < -0.3 is 9.47 Å². The van der Waals surface area contributed by atoms with E-state index in [0.29, 0.717) is 24.7 Å². The van der Waals surface area contributed by atoms with E-state index in [-0.39, 0.29) is 0 Å². The highest BCUT2D eigenvalue weighted by molar-refractivity contribution is 5.32. The minimum atomic E-state index is 0.368. The Morgan fingerprint density at radius 3 is 2.95 bits per heavy atom. The molecule has 0 amide bonds. The van der Waals surface area contributed by atoms with Gasteiger partial charge in [-0.2, -0.15) is 5.26 Å². The van der Waals surface area contributed by atoms with Crippen LogP contribution in [0.15, 0.2) is 55.3 Å². The largest absolute Gasteiger partial charge is 0.490 e. The zero-order valence-corrected chi connectivity index (χ0v) is 11.0. The molecule has 0 aliphatic rings. The highest BCUT2D eigenvalue weighted by Crippen LogP contribution is 2.16. The number of aromatic nitrogens is 1. The summed E-state index contributed by atoms with van der Waals surface area (Å²) in [5.74, 6) is 1.20. The SMILES string of the molecule is C=CCOc1cccc(COc2cc(C#N)ccn2)c1. The molecule has 0 N–H and O–H groups in total. The number of benzene rings is 1. The maximum absolute atomic E-state index is 8.81. The monoisotopic (exact) mass is 266 g/mol. The molecular weight excluding hydrogens is 252 g/mol. The summed E-state index contributed by atoms with van der Waals surface area (Å²) in [5, 5.41) is 8.81. The molecule has 0 atom stereocenters. The van der Waals surface area contributed by atoms with Gasteiger partial charge in [0.05, 0.1) is 11.6 Å². The molecule has 0 aliphatic carbocycles. The summed E-state index contributed by atoms with van der Waals surface area (Å²) in [6.45, 7) is 4.44. The third-order valence-electron chi connectivity index (χ3n) is 2.52. The van der Waals surface area contributed by atoms with Crippen LogP contribution in [0.3, 0.4) is 0 Å². The minimum Gasteiger partial charge on any atom is -0.490 e. The summed E-state index contributed by atoms with van der Waals surface area (Å²) < 4.78 is 11.0. The Balaban J connectivity index is 1.99. The molecule has 0 fully saturated rings. The van der Waals surface area contributed by atoms with Crippen LogP contribution >= 0.6 is 0 Å². The molecule has 0 radical (unpaired) electrons. The molecule has 2 aromatic rings. The standard InChI is InChI=1S/C16H14N2O2/c1-2-8-19-15-5-3-4-14(9-15)12-20-16-10-13(11-17)6-7-18-16/h2-7,9-10H,1,8,12H2. The average molecular weight is 266 g/mol. The fourth-order valence-corrected chi connectivity index (χ4v) is 1.60. The van der Waals surface area contributed by atoms with Gasteiger partial charge in [0.25, 0.3) is 0 Å². The molecule has 0 saturated carbocycles. The van der Waals surface area contributed by atoms with Crippen molar-refractivity contribution >= 4 is 0 Å². The molecule has 0 unspecified atom stereocenters. The number of rotatable bonds is 6. The second-order valence-corrected chi connectivity index (χ2v) is 4.03. The van der Waals surface area contributed by atoms with E-state index >= 15 is 0 Å². The van der Waals surface area contributed by atoms with E-state index < -0.39 is 0 Å². The molecule has 2 rings (SSSR count). The molecule has 100 valence electrons. The first kappa shape index (κ1) is 13.6. The third kappa shape index (κ3) is 3.85. The molecule has 0 bridgehead atoms. The van der Waals surface area contributed by atoms with Crippen LogP contribution in [0, 0.1) is 11.3 Å². The van der Waals surface area contributed by atoms with Crippen molar-refractivity contribution in [2.45, 2.75) is 6.61 Å². The molecule has 0 aliphatic heterocycles. The van der Waals surface area contributed by atoms with E-state index in [1.54, 1.807) is 24.4 Å². The van der Waals surface area contributed by atoms with E-state index in [1.807, 2.05) is 30.3 Å². The van der Waals surface area contributed by atoms with Gasteiger partial charge in [0.15, 0.2) is 0 Å². The van der Waals surface area contributed by atoms with Crippen LogP contribution in [0.1, 0.15) is 11.1 Å². The lowest BCUT2D eigenvalue weighted by Crippen LogP contribution is -1.99. The zero-order chi connectivity index (χ0) is 14.2. The topological polar surface area (TPSA) is 55.1 Å². The van der Waals surface area contributed by atoms with E-state index in [9.17, 15) is 0 Å². The first-order valence-corrected chi connectivity index (χ1v) is 6.13. The van der Waals surface area contributed by atoms with Crippen molar-refractivity contribution in [1.82, 2.24) is 4.98 Å². The molecular formula is C16H14N2O2. The normalized spacial score (nSPS) is 9.55. The summed E-state index contributed by atoms with van der Waals surface area (Å²) in [7, 11) is 0. The first-order valence-electron chi connectivity index (χ1n) is 6.13. The molecule has 1 heterocycles. The Bertz CT molecular complexity index is 632. The molecule has 1 aromatic heterocycles. The van der Waals surface area contributed by atoms with Gasteiger partial charge in [-0.1, -0.05) is 24.8 Å². The van der Waals surface area contributed by atoms with E-state index in [2.05, 4.69) is 11.6 Å². The number of hydrogen-bond donors (Lipinski definition) is 0. The van der Waals surface area contributed by atoms with Gasteiger partial charge in [-0.3, -0.25) is 0 Å². The number of ether oxygens (including phenoxy) is 2. The maximum atomic E-state index is 8.81. The van der Waals surface area contributed by atoms with Crippen molar-refractivity contribution in [2.75, 3.05) is 6.61 Å². The lowest BCUT2D eigenvalue weighted by molar-refractivity contribution is 0.292. The van der Waals surface area contributed by atoms with Crippen molar-refractivity contribution in [3.63, 3.8) is 0 Å². The van der Waals surface area contributed by atoms with Crippen LogP contribution in [0.2, 0.25) is 0 Å². The Labute approximate surface area is 117 Å². The lowest BCUT2D eigenvalue weighted by atomic mass is 10.2. The van der Waals surface area contributed by atoms with Crippen molar-refractivity contribution in [1.29, 1.82) is 5.26 Å². The van der Waals surface area contributed by atoms with E-state index in [1.165, 1.54) is 0 Å². The zero-order valence-electron chi connectivity index (χ0n) is 11.0. The number of hydrogen-bond acceptors (Lipinski definition) is 4. The minimum absolute atomic E-state index is 0.368. The fraction of sp³-hybridized carbons (Fsp3) is 0.125. The predicted octanol–water partition coefficient (Wildman–Crippen LogP) is 3.10. The second-order valence-electron chi connectivity index (χ2n) is 4.03. The van der Waals surface area contributed by atoms with Crippen molar-refractivity contribution in [3.8, 4) is 17.7 Å². The third-order valence-corrected chi connectivity index (χ3v) is 2.52. The van der Waals surface area contributed by atoms with Crippen LogP contribution in [-0.2, 0) is 6.61 Å². The number of nitrogens with zero attached hydrogens (tertiary/aromatic N) is 2. The van der Waals surface area contributed by atoms with Crippen molar-refractivity contribution in [2.24, 2.45) is 0 Å². The Morgan fingerprint density at radius 1 is 1.25 bits per heavy atom. The van der Waals surface area contributed by atoms with Crippen LogP contribution in [0.25, 0.3) is 0 Å². The van der Waals surface area contributed by atoms with E-state index in [0.717, 1.165) is 11.3 Å². The highest BCUT2D eigenvalue weighted by Gasteiger charge is 2.00. The van der Waals surface area contributed by atoms with Crippen molar-refractivity contribution in [3.05, 3.63) is 66.4 Å². The van der Waals surface area contributed by atoms with Gasteiger partial charge in [-0.05, 0) is 23.8 Å². The second kappa shape index (κ2) is 6.95. The summed E-state index contributed by atoms with van der Waals surface area (Å²) in [6.07, 6.45) is 3.25. The van der Waals surface area contributed by atoms with Gasteiger partial charge >= 0.3 is 0 Å². The quantitative estimate of drug-likeness (QED) is 0.754. The predicted molar refractivity (Wildman–Crippen MR) is 75.4 cm³/mol. The Hall–Kier alpha value is -2.80. The molecule has 0 saturated heterocycles. The summed E-state index contributed by atoms with van der Waals surface area (Å²) >= 11 is 0. The highest BCUT2D eigenvalue weighted by atomic mass is 16.5. The summed E-state index contributed by atoms with van der Waals surface area (Å²) in [6, 6.07) is 12.9. The first-order chi connectivity index (χ1) is 9.81. The Kier molecular flexibility index (Phi) is 4.74. The number of nitriles is 1. The lowest BCUT2D eigenvalue weighted by Gasteiger charge is -2.08. The smallest absolute Gasteiger partial charge is 0.214 e. The number of pyridine rings is 1. The van der Waals surface area contributed by atoms with Gasteiger partial charge in [-0.25, -0.2) is 4.98 Å². The molecule has 20 heavy (non-hydrogen) atoms. The molecule has 0 spiro atoms. The van der Waals surface area contributed by atoms with Gasteiger partial charge in [0.1, 0.15) is 19.0 Å². The summed E-state index contributed by atoms with van der Waals surface area (Å²) in [5.41, 5.74) is 1.49. The molecule has 4 heteroatoms. The van der Waals surface area contributed by atoms with E-state index in [4.69, 9.17) is 14.7 Å². The molecule has 1 aromatic carbocycles. The average Bonchev–Trinajstić information content (AvgIpc) is 2.51. The van der Waals surface area contributed by atoms with Crippen LogP contribution in [0.5, 0.6) is 11.6 Å². The fourth-order valence-electron chi connectivity index (χ4n) is 1.60. The van der Waals surface area contributed by atoms with Crippen molar-refractivity contribution < 1.29 is 9.47 Å². The van der Waals surface area contributed by atoms with Crippen LogP contribution < -0.4 is 9.47 Å². The molecule has 4 nitrogen and oxygen atoms in total.